The van der Waals surface area contributed by atoms with Crippen LogP contribution in [-0.4, -0.2) is 85.6 Å². The van der Waals surface area contributed by atoms with Gasteiger partial charge >= 0.3 is 18.2 Å². The number of hydrogen-bond donors (Lipinski definition) is 3. The van der Waals surface area contributed by atoms with Crippen LogP contribution in [0.3, 0.4) is 0 Å². The zero-order valence-corrected chi connectivity index (χ0v) is 22.7. The van der Waals surface area contributed by atoms with Gasteiger partial charge in [0.05, 0.1) is 0 Å². The molecule has 1 atom stereocenters. The topological polar surface area (TPSA) is 131 Å². The van der Waals surface area contributed by atoms with E-state index in [0.717, 1.165) is 0 Å². The number of nitrogens with zero attached hydrogens (tertiary/aromatic N) is 2. The lowest BCUT2D eigenvalue weighted by Gasteiger charge is -2.26. The summed E-state index contributed by atoms with van der Waals surface area (Å²) in [5.41, 5.74) is -2.12. The summed E-state index contributed by atoms with van der Waals surface area (Å²) in [5, 5.41) is 8.20. The molecule has 198 valence electrons. The maximum Gasteiger partial charge on any atom is 0.414 e. The summed E-state index contributed by atoms with van der Waals surface area (Å²) in [5.74, 6) is -0.396. The Kier molecular flexibility index (Phi) is 12.4. The molecule has 11 heteroatoms. The van der Waals surface area contributed by atoms with Crippen molar-refractivity contribution in [1.29, 1.82) is 0 Å². The number of ether oxygens (including phenoxy) is 3. The minimum absolute atomic E-state index is 0.111. The number of guanidine groups is 1. The third-order valence-electron chi connectivity index (χ3n) is 3.54. The molecule has 0 aliphatic heterocycles. The molecule has 0 bridgehead atoms. The number of esters is 1. The Bertz CT molecular complexity index is 702. The first-order valence-corrected chi connectivity index (χ1v) is 11.4. The number of carbonyl (C=O) groups is 3. The normalized spacial score (nSPS) is 13.7. The lowest BCUT2D eigenvalue weighted by atomic mass is 10.1. The molecule has 0 fully saturated rings. The molecule has 0 aromatic heterocycles. The van der Waals surface area contributed by atoms with Crippen molar-refractivity contribution in [2.75, 3.05) is 33.7 Å². The second-order valence-electron chi connectivity index (χ2n) is 11.1. The van der Waals surface area contributed by atoms with Crippen molar-refractivity contribution in [2.45, 2.75) is 91.6 Å². The average Bonchev–Trinajstić information content (AvgIpc) is 2.55. The van der Waals surface area contributed by atoms with Crippen molar-refractivity contribution < 1.29 is 28.6 Å². The highest BCUT2D eigenvalue weighted by Crippen LogP contribution is 2.12. The second-order valence-corrected chi connectivity index (χ2v) is 11.1. The van der Waals surface area contributed by atoms with E-state index in [2.05, 4.69) is 20.9 Å². The average molecular weight is 488 g/mol. The van der Waals surface area contributed by atoms with Gasteiger partial charge in [0.2, 0.25) is 5.96 Å². The van der Waals surface area contributed by atoms with Gasteiger partial charge in [-0.05, 0) is 82.8 Å². The molecule has 0 rings (SSSR count). The van der Waals surface area contributed by atoms with Crippen LogP contribution < -0.4 is 16.0 Å². The summed E-state index contributed by atoms with van der Waals surface area (Å²) >= 11 is 0. The Morgan fingerprint density at radius 1 is 0.824 bits per heavy atom. The maximum absolute atomic E-state index is 12.7. The first-order chi connectivity index (χ1) is 15.3. The number of hydrogen-bond acceptors (Lipinski definition) is 8. The highest BCUT2D eigenvalue weighted by molar-refractivity contribution is 5.94. The van der Waals surface area contributed by atoms with Gasteiger partial charge < -0.3 is 29.7 Å². The minimum atomic E-state index is -0.984. The lowest BCUT2D eigenvalue weighted by molar-refractivity contribution is -0.157. The van der Waals surface area contributed by atoms with Crippen molar-refractivity contribution in [2.24, 2.45) is 4.99 Å². The standard InChI is InChI=1S/C23H45N5O6/c1-21(2,3)32-17(29)16(26-19(30)33-22(4,5)6)12-13-24-18(25-14-15-28(10)11)27-20(31)34-23(7,8)9/h16H,12-15H2,1-11H3,(H,26,30)(H2,24,25,27,31)/t16-/m0/s1. The Morgan fingerprint density at radius 2 is 1.32 bits per heavy atom. The van der Waals surface area contributed by atoms with Crippen LogP contribution >= 0.6 is 0 Å². The fourth-order valence-corrected chi connectivity index (χ4v) is 2.31. The van der Waals surface area contributed by atoms with Crippen molar-refractivity contribution >= 4 is 24.1 Å². The molecule has 0 unspecified atom stereocenters. The molecule has 0 saturated heterocycles. The summed E-state index contributed by atoms with van der Waals surface area (Å²) in [7, 11) is 3.85. The first kappa shape index (κ1) is 31.4. The molecule has 0 aromatic rings. The van der Waals surface area contributed by atoms with Gasteiger partial charge in [0.15, 0.2) is 0 Å². The molecule has 3 N–H and O–H groups in total. The summed E-state index contributed by atoms with van der Waals surface area (Å²) in [6.07, 6.45) is -1.26. The number of rotatable bonds is 8. The molecule has 2 amide bonds. The van der Waals surface area contributed by atoms with Gasteiger partial charge in [-0.2, -0.15) is 0 Å². The maximum atomic E-state index is 12.7. The van der Waals surface area contributed by atoms with Gasteiger partial charge in [-0.25, -0.2) is 14.4 Å². The Morgan fingerprint density at radius 3 is 1.79 bits per heavy atom. The van der Waals surface area contributed by atoms with Gasteiger partial charge in [-0.3, -0.25) is 10.3 Å². The van der Waals surface area contributed by atoms with Crippen LogP contribution in [0.15, 0.2) is 4.99 Å². The van der Waals surface area contributed by atoms with Gasteiger partial charge in [-0.1, -0.05) is 0 Å². The zero-order chi connectivity index (χ0) is 26.7. The van der Waals surface area contributed by atoms with Gasteiger partial charge in [-0.15, -0.1) is 0 Å². The van der Waals surface area contributed by atoms with Crippen LogP contribution in [-0.2, 0) is 19.0 Å². The lowest BCUT2D eigenvalue weighted by Crippen LogP contribution is -2.47. The number of likely N-dealkylation sites (N-methyl/N-ethyl adjacent to an activating group) is 1. The summed E-state index contributed by atoms with van der Waals surface area (Å²) in [6.45, 7) is 17.0. The predicted molar refractivity (Wildman–Crippen MR) is 132 cm³/mol. The van der Waals surface area contributed by atoms with E-state index in [9.17, 15) is 14.4 Å². The molecule has 0 aliphatic rings. The number of nitrogens with one attached hydrogen (secondary N) is 3. The molecule has 34 heavy (non-hydrogen) atoms. The molecular weight excluding hydrogens is 442 g/mol. The van der Waals surface area contributed by atoms with E-state index in [0.29, 0.717) is 13.1 Å². The number of carbonyl (C=O) groups excluding carboxylic acids is 3. The van der Waals surface area contributed by atoms with Gasteiger partial charge in [0.25, 0.3) is 0 Å². The Hall–Kier alpha value is -2.56. The summed E-state index contributed by atoms with van der Waals surface area (Å²) in [4.78, 5) is 43.5. The van der Waals surface area contributed by atoms with Crippen molar-refractivity contribution in [3.8, 4) is 0 Å². The highest BCUT2D eigenvalue weighted by Gasteiger charge is 2.28. The largest absolute Gasteiger partial charge is 0.458 e. The van der Waals surface area contributed by atoms with E-state index in [4.69, 9.17) is 14.2 Å². The molecule has 11 nitrogen and oxygen atoms in total. The molecule has 0 saturated carbocycles. The molecule has 0 heterocycles. The number of amides is 2. The van der Waals surface area contributed by atoms with Crippen LogP contribution in [0.4, 0.5) is 9.59 Å². The van der Waals surface area contributed by atoms with Crippen molar-refractivity contribution in [1.82, 2.24) is 20.9 Å². The van der Waals surface area contributed by atoms with E-state index in [1.807, 2.05) is 19.0 Å². The van der Waals surface area contributed by atoms with Crippen LogP contribution in [0.25, 0.3) is 0 Å². The van der Waals surface area contributed by atoms with Crippen molar-refractivity contribution in [3.63, 3.8) is 0 Å². The summed E-state index contributed by atoms with van der Waals surface area (Å²) < 4.78 is 16.0. The number of aliphatic imine (C=N–C) groups is 1. The third-order valence-corrected chi connectivity index (χ3v) is 3.54. The predicted octanol–water partition coefficient (Wildman–Crippen LogP) is 2.64. The van der Waals surface area contributed by atoms with Crippen LogP contribution in [0.1, 0.15) is 68.7 Å². The third kappa shape index (κ3) is 17.9. The van der Waals surface area contributed by atoms with E-state index < -0.39 is 41.0 Å². The van der Waals surface area contributed by atoms with E-state index >= 15 is 0 Å². The fraction of sp³-hybridized carbons (Fsp3) is 0.826. The SMILES string of the molecule is CN(C)CCNC(=NCC[C@H](NC(=O)OC(C)(C)C)C(=O)OC(C)(C)C)NC(=O)OC(C)(C)C. The van der Waals surface area contributed by atoms with E-state index in [-0.39, 0.29) is 18.9 Å². The summed E-state index contributed by atoms with van der Waals surface area (Å²) in [6, 6.07) is -0.984. The molecule has 0 aliphatic carbocycles. The van der Waals surface area contributed by atoms with Crippen LogP contribution in [0.2, 0.25) is 0 Å². The van der Waals surface area contributed by atoms with Gasteiger partial charge in [0.1, 0.15) is 22.8 Å². The Labute approximate surface area is 204 Å². The monoisotopic (exact) mass is 487 g/mol. The molecule has 0 spiro atoms. The Balaban J connectivity index is 5.39. The van der Waals surface area contributed by atoms with E-state index in [1.54, 1.807) is 62.3 Å². The van der Waals surface area contributed by atoms with Crippen LogP contribution in [0.5, 0.6) is 0 Å². The molecule has 0 aromatic carbocycles. The van der Waals surface area contributed by atoms with E-state index in [1.165, 1.54) is 0 Å². The van der Waals surface area contributed by atoms with Crippen molar-refractivity contribution in [3.05, 3.63) is 0 Å². The first-order valence-electron chi connectivity index (χ1n) is 11.4. The quantitative estimate of drug-likeness (QED) is 0.206. The highest BCUT2D eigenvalue weighted by atomic mass is 16.6. The zero-order valence-electron chi connectivity index (χ0n) is 22.7. The molecular formula is C23H45N5O6. The van der Waals surface area contributed by atoms with Gasteiger partial charge in [0, 0.05) is 19.6 Å². The number of alkyl carbamates (subject to hydrolysis) is 2. The molecule has 0 radical (unpaired) electrons. The van der Waals surface area contributed by atoms with Crippen LogP contribution in [0, 0.1) is 0 Å². The smallest absolute Gasteiger partial charge is 0.414 e. The fourth-order valence-electron chi connectivity index (χ4n) is 2.31. The second kappa shape index (κ2) is 13.4. The minimum Gasteiger partial charge on any atom is -0.458 e.